The van der Waals surface area contributed by atoms with Gasteiger partial charge in [-0.3, -0.25) is 14.0 Å². The van der Waals surface area contributed by atoms with Crippen molar-refractivity contribution < 1.29 is 18.0 Å². The Kier molecular flexibility index (Phi) is 5.51. The number of benzene rings is 2. The summed E-state index contributed by atoms with van der Waals surface area (Å²) >= 11 is 0. The minimum absolute atomic E-state index is 0.0148. The van der Waals surface area contributed by atoms with E-state index in [0.717, 1.165) is 17.8 Å². The van der Waals surface area contributed by atoms with Gasteiger partial charge < -0.3 is 5.32 Å². The second-order valence-corrected chi connectivity index (χ2v) is 7.79. The van der Waals surface area contributed by atoms with Gasteiger partial charge in [-0.15, -0.1) is 10.2 Å². The first-order chi connectivity index (χ1) is 16.8. The van der Waals surface area contributed by atoms with E-state index in [1.165, 1.54) is 15.1 Å². The van der Waals surface area contributed by atoms with Crippen LogP contribution in [0.5, 0.6) is 0 Å². The lowest BCUT2D eigenvalue weighted by Gasteiger charge is -2.11. The predicted molar refractivity (Wildman–Crippen MR) is 121 cm³/mol. The Balaban J connectivity index is 1.47. The quantitative estimate of drug-likeness (QED) is 0.418. The lowest BCUT2D eigenvalue weighted by atomic mass is 10.1. The molecule has 2 aromatic carbocycles. The minimum atomic E-state index is -4.53. The second-order valence-electron chi connectivity index (χ2n) is 7.79. The van der Waals surface area contributed by atoms with Crippen LogP contribution in [-0.4, -0.2) is 30.3 Å². The molecule has 5 rings (SSSR count). The molecule has 1 amide bonds. The van der Waals surface area contributed by atoms with Crippen LogP contribution in [0.3, 0.4) is 0 Å². The monoisotopic (exact) mass is 478 g/mol. The molecule has 8 nitrogen and oxygen atoms in total. The molecular formula is C24H17F3N6O2. The Morgan fingerprint density at radius 3 is 2.37 bits per heavy atom. The molecule has 5 aromatic rings. The van der Waals surface area contributed by atoms with E-state index in [4.69, 9.17) is 0 Å². The van der Waals surface area contributed by atoms with E-state index in [9.17, 15) is 22.8 Å². The Labute approximate surface area is 195 Å². The molecule has 0 fully saturated rings. The van der Waals surface area contributed by atoms with E-state index >= 15 is 0 Å². The largest absolute Gasteiger partial charge is 0.417 e. The van der Waals surface area contributed by atoms with Crippen molar-refractivity contribution in [2.75, 3.05) is 0 Å². The summed E-state index contributed by atoms with van der Waals surface area (Å²) in [6.07, 6.45) is -3.65. The maximum absolute atomic E-state index is 13.1. The molecule has 3 aromatic heterocycles. The topological polar surface area (TPSA) is 94.2 Å². The number of halogens is 3. The van der Waals surface area contributed by atoms with Gasteiger partial charge in [-0.1, -0.05) is 48.5 Å². The van der Waals surface area contributed by atoms with Crippen LogP contribution in [0, 0.1) is 0 Å². The zero-order valence-electron chi connectivity index (χ0n) is 18.0. The average Bonchev–Trinajstić information content (AvgIpc) is 3.27. The van der Waals surface area contributed by atoms with Gasteiger partial charge in [0.15, 0.2) is 17.2 Å². The van der Waals surface area contributed by atoms with Gasteiger partial charge in [0.05, 0.1) is 24.0 Å². The molecule has 0 bridgehead atoms. The average molecular weight is 478 g/mol. The number of carbonyl (C=O) groups is 1. The van der Waals surface area contributed by atoms with Crippen molar-refractivity contribution in [2.24, 2.45) is 0 Å². The SMILES string of the molecule is O=C(NCc1nnc2ccc(C(F)(F)F)cn12)c1nn(Cc2ccccc2)c(=O)c2ccccc12. The normalized spacial score (nSPS) is 11.7. The number of amides is 1. The van der Waals surface area contributed by atoms with E-state index in [1.807, 2.05) is 30.3 Å². The van der Waals surface area contributed by atoms with E-state index in [2.05, 4.69) is 20.6 Å². The fraction of sp³-hybridized carbons (Fsp3) is 0.125. The number of pyridine rings is 1. The number of nitrogens with zero attached hydrogens (tertiary/aromatic N) is 5. The highest BCUT2D eigenvalue weighted by atomic mass is 19.4. The van der Waals surface area contributed by atoms with Crippen LogP contribution in [0.1, 0.15) is 27.4 Å². The molecule has 0 unspecified atom stereocenters. The molecule has 0 saturated carbocycles. The number of hydrogen-bond acceptors (Lipinski definition) is 5. The van der Waals surface area contributed by atoms with Crippen molar-refractivity contribution >= 4 is 22.3 Å². The number of nitrogens with one attached hydrogen (secondary N) is 1. The number of rotatable bonds is 5. The summed E-state index contributed by atoms with van der Waals surface area (Å²) < 4.78 is 41.7. The van der Waals surface area contributed by atoms with Crippen LogP contribution in [-0.2, 0) is 19.3 Å². The third-order valence-corrected chi connectivity index (χ3v) is 5.47. The van der Waals surface area contributed by atoms with Crippen LogP contribution in [0.25, 0.3) is 16.4 Å². The fourth-order valence-electron chi connectivity index (χ4n) is 3.74. The second kappa shape index (κ2) is 8.67. The summed E-state index contributed by atoms with van der Waals surface area (Å²) in [7, 11) is 0. The predicted octanol–water partition coefficient (Wildman–Crippen LogP) is 3.44. The van der Waals surface area contributed by atoms with E-state index in [-0.39, 0.29) is 35.8 Å². The highest BCUT2D eigenvalue weighted by Gasteiger charge is 2.31. The molecule has 0 aliphatic rings. The third-order valence-electron chi connectivity index (χ3n) is 5.47. The molecule has 3 heterocycles. The van der Waals surface area contributed by atoms with Crippen molar-refractivity contribution in [1.82, 2.24) is 29.7 Å². The highest BCUT2D eigenvalue weighted by molar-refractivity contribution is 6.04. The van der Waals surface area contributed by atoms with Crippen LogP contribution >= 0.6 is 0 Å². The number of aromatic nitrogens is 5. The van der Waals surface area contributed by atoms with Crippen molar-refractivity contribution in [3.63, 3.8) is 0 Å². The minimum Gasteiger partial charge on any atom is -0.343 e. The molecule has 0 spiro atoms. The maximum Gasteiger partial charge on any atom is 0.417 e. The maximum atomic E-state index is 13.1. The first-order valence-electron chi connectivity index (χ1n) is 10.5. The van der Waals surface area contributed by atoms with E-state index in [1.54, 1.807) is 24.3 Å². The highest BCUT2D eigenvalue weighted by Crippen LogP contribution is 2.29. The van der Waals surface area contributed by atoms with Crippen LogP contribution in [0.2, 0.25) is 0 Å². The summed E-state index contributed by atoms with van der Waals surface area (Å²) in [5.74, 6) is -0.492. The zero-order valence-corrected chi connectivity index (χ0v) is 18.0. The smallest absolute Gasteiger partial charge is 0.343 e. The van der Waals surface area contributed by atoms with Gasteiger partial charge in [0.25, 0.3) is 11.5 Å². The molecule has 0 saturated heterocycles. The number of fused-ring (bicyclic) bond motifs is 2. The molecule has 0 radical (unpaired) electrons. The van der Waals surface area contributed by atoms with Crippen LogP contribution in [0.15, 0.2) is 77.7 Å². The van der Waals surface area contributed by atoms with Gasteiger partial charge in [0.1, 0.15) is 0 Å². The van der Waals surface area contributed by atoms with E-state index < -0.39 is 17.6 Å². The van der Waals surface area contributed by atoms with Gasteiger partial charge in [-0.05, 0) is 23.8 Å². The van der Waals surface area contributed by atoms with Crippen molar-refractivity contribution in [1.29, 1.82) is 0 Å². The number of alkyl halides is 3. The molecule has 0 atom stereocenters. The molecular weight excluding hydrogens is 461 g/mol. The lowest BCUT2D eigenvalue weighted by molar-refractivity contribution is -0.137. The zero-order chi connectivity index (χ0) is 24.6. The summed E-state index contributed by atoms with van der Waals surface area (Å²) in [6.45, 7) is -0.0328. The summed E-state index contributed by atoms with van der Waals surface area (Å²) in [5, 5.41) is 15.4. The molecule has 11 heteroatoms. The number of carbonyl (C=O) groups excluding carboxylic acids is 1. The van der Waals surface area contributed by atoms with Crippen molar-refractivity contribution in [3.05, 3.63) is 106 Å². The summed E-state index contributed by atoms with van der Waals surface area (Å²) in [5.41, 5.74) is -0.149. The first kappa shape index (κ1) is 22.3. The van der Waals surface area contributed by atoms with Gasteiger partial charge >= 0.3 is 6.18 Å². The lowest BCUT2D eigenvalue weighted by Crippen LogP contribution is -2.31. The first-order valence-corrected chi connectivity index (χ1v) is 10.5. The number of hydrogen-bond donors (Lipinski definition) is 1. The van der Waals surface area contributed by atoms with Crippen molar-refractivity contribution in [3.8, 4) is 0 Å². The molecule has 35 heavy (non-hydrogen) atoms. The van der Waals surface area contributed by atoms with Gasteiger partial charge in [0.2, 0.25) is 0 Å². The van der Waals surface area contributed by atoms with E-state index in [0.29, 0.717) is 10.8 Å². The fourth-order valence-corrected chi connectivity index (χ4v) is 3.74. The Hall–Kier alpha value is -4.54. The summed E-state index contributed by atoms with van der Waals surface area (Å²) in [4.78, 5) is 26.1. The van der Waals surface area contributed by atoms with Gasteiger partial charge in [-0.25, -0.2) is 4.68 Å². The Bertz CT molecular complexity index is 1610. The molecule has 0 aliphatic carbocycles. The van der Waals surface area contributed by atoms with Crippen LogP contribution < -0.4 is 10.9 Å². The van der Waals surface area contributed by atoms with Gasteiger partial charge in [-0.2, -0.15) is 18.3 Å². The Morgan fingerprint density at radius 2 is 1.63 bits per heavy atom. The third kappa shape index (κ3) is 4.35. The van der Waals surface area contributed by atoms with Crippen molar-refractivity contribution in [2.45, 2.75) is 19.3 Å². The summed E-state index contributed by atoms with van der Waals surface area (Å²) in [6, 6.07) is 17.9. The molecule has 1 N–H and O–H groups in total. The van der Waals surface area contributed by atoms with Gasteiger partial charge in [0, 0.05) is 11.6 Å². The molecule has 0 aliphatic heterocycles. The standard InChI is InChI=1S/C24H17F3N6O2/c25-24(26,27)16-10-11-19-29-30-20(32(19)14-16)12-28-22(34)21-17-8-4-5-9-18(17)23(35)33(31-21)13-15-6-2-1-3-7-15/h1-11,14H,12-13H2,(H,28,34). The Morgan fingerprint density at radius 1 is 0.914 bits per heavy atom. The van der Waals surface area contributed by atoms with Crippen LogP contribution in [0.4, 0.5) is 13.2 Å². The molecule has 176 valence electrons.